The molecule has 1 saturated heterocycles. The first-order valence-corrected chi connectivity index (χ1v) is 6.04. The maximum atomic E-state index is 4.18. The van der Waals surface area contributed by atoms with E-state index in [2.05, 4.69) is 31.5 Å². The maximum absolute atomic E-state index is 4.18. The molecule has 0 spiro atoms. The van der Waals surface area contributed by atoms with Crippen molar-refractivity contribution in [2.75, 3.05) is 51.2 Å². The lowest BCUT2D eigenvalue weighted by Gasteiger charge is -2.28. The van der Waals surface area contributed by atoms with E-state index in [0.717, 1.165) is 44.4 Å². The van der Waals surface area contributed by atoms with Gasteiger partial charge in [-0.2, -0.15) is 4.37 Å². The van der Waals surface area contributed by atoms with Crippen LogP contribution in [0.4, 0.5) is 5.13 Å². The lowest BCUT2D eigenvalue weighted by atomic mass is 10.3. The van der Waals surface area contributed by atoms with Crippen molar-refractivity contribution in [3.8, 4) is 0 Å². The average molecular weight is 227 g/mol. The summed E-state index contributed by atoms with van der Waals surface area (Å²) in [6, 6.07) is 0. The van der Waals surface area contributed by atoms with Gasteiger partial charge in [-0.1, -0.05) is 0 Å². The van der Waals surface area contributed by atoms with Gasteiger partial charge in [0.2, 0.25) is 5.13 Å². The Morgan fingerprint density at radius 1 is 1.53 bits per heavy atom. The van der Waals surface area contributed by atoms with E-state index >= 15 is 0 Å². The Labute approximate surface area is 94.3 Å². The van der Waals surface area contributed by atoms with E-state index in [1.165, 1.54) is 11.5 Å². The Morgan fingerprint density at radius 2 is 2.33 bits per heavy atom. The van der Waals surface area contributed by atoms with Crippen LogP contribution >= 0.6 is 11.5 Å². The zero-order chi connectivity index (χ0) is 10.5. The third-order valence-electron chi connectivity index (χ3n) is 2.64. The molecule has 1 aromatic heterocycles. The highest BCUT2D eigenvalue weighted by Crippen LogP contribution is 2.11. The van der Waals surface area contributed by atoms with Gasteiger partial charge in [0.1, 0.15) is 6.33 Å². The molecule has 0 saturated carbocycles. The number of nitrogens with one attached hydrogen (secondary N) is 1. The molecule has 2 heterocycles. The minimum Gasteiger partial charge on any atom is -0.349 e. The van der Waals surface area contributed by atoms with Gasteiger partial charge in [0, 0.05) is 57.8 Å². The van der Waals surface area contributed by atoms with Crippen molar-refractivity contribution < 1.29 is 0 Å². The number of piperazine rings is 1. The highest BCUT2D eigenvalue weighted by Gasteiger charge is 2.11. The summed E-state index contributed by atoms with van der Waals surface area (Å²) in [5.41, 5.74) is 0. The molecule has 6 heteroatoms. The van der Waals surface area contributed by atoms with Gasteiger partial charge in [-0.3, -0.25) is 4.90 Å². The average Bonchev–Trinajstić information content (AvgIpc) is 2.81. The molecule has 0 amide bonds. The van der Waals surface area contributed by atoms with Gasteiger partial charge in [0.25, 0.3) is 0 Å². The smallest absolute Gasteiger partial charge is 0.204 e. The molecule has 1 aliphatic rings. The predicted molar refractivity (Wildman–Crippen MR) is 62.5 cm³/mol. The summed E-state index contributed by atoms with van der Waals surface area (Å²) in [6.07, 6.45) is 1.61. The molecule has 2 rings (SSSR count). The second-order valence-electron chi connectivity index (χ2n) is 3.74. The molecule has 15 heavy (non-hydrogen) atoms. The summed E-state index contributed by atoms with van der Waals surface area (Å²) in [5.74, 6) is 0. The van der Waals surface area contributed by atoms with Crippen LogP contribution < -0.4 is 10.2 Å². The fourth-order valence-corrected chi connectivity index (χ4v) is 2.17. The van der Waals surface area contributed by atoms with Gasteiger partial charge >= 0.3 is 0 Å². The number of anilines is 1. The quantitative estimate of drug-likeness (QED) is 0.777. The summed E-state index contributed by atoms with van der Waals surface area (Å²) in [5, 5.41) is 4.36. The van der Waals surface area contributed by atoms with Crippen LogP contribution in [0.15, 0.2) is 6.33 Å². The van der Waals surface area contributed by atoms with Crippen LogP contribution in [0.25, 0.3) is 0 Å². The predicted octanol–water partition coefficient (Wildman–Crippen LogP) is -0.121. The summed E-state index contributed by atoms with van der Waals surface area (Å²) < 4.78 is 4.00. The van der Waals surface area contributed by atoms with E-state index in [1.54, 1.807) is 6.33 Å². The van der Waals surface area contributed by atoms with Crippen LogP contribution in [-0.4, -0.2) is 60.6 Å². The lowest BCUT2D eigenvalue weighted by Crippen LogP contribution is -2.45. The first kappa shape index (κ1) is 10.8. The Hall–Kier alpha value is -0.720. The molecular weight excluding hydrogens is 210 g/mol. The number of nitrogens with zero attached hydrogens (tertiary/aromatic N) is 4. The Kier molecular flexibility index (Phi) is 3.87. The van der Waals surface area contributed by atoms with Gasteiger partial charge < -0.3 is 10.2 Å². The Bertz CT molecular complexity index is 270. The molecular formula is C9H17N5S. The molecule has 0 aromatic carbocycles. The van der Waals surface area contributed by atoms with Gasteiger partial charge in [0.15, 0.2) is 0 Å². The topological polar surface area (TPSA) is 44.3 Å². The van der Waals surface area contributed by atoms with Crippen molar-refractivity contribution in [1.29, 1.82) is 0 Å². The summed E-state index contributed by atoms with van der Waals surface area (Å²) >= 11 is 1.45. The van der Waals surface area contributed by atoms with Gasteiger partial charge in [-0.25, -0.2) is 4.98 Å². The molecule has 84 valence electrons. The minimum absolute atomic E-state index is 1.00. The molecule has 1 aromatic rings. The third-order valence-corrected chi connectivity index (χ3v) is 3.42. The van der Waals surface area contributed by atoms with Crippen LogP contribution in [0, 0.1) is 0 Å². The fraction of sp³-hybridized carbons (Fsp3) is 0.778. The zero-order valence-electron chi connectivity index (χ0n) is 9.02. The van der Waals surface area contributed by atoms with Crippen LogP contribution in [0.3, 0.4) is 0 Å². The third kappa shape index (κ3) is 3.12. The maximum Gasteiger partial charge on any atom is 0.204 e. The highest BCUT2D eigenvalue weighted by atomic mass is 32.1. The fourth-order valence-electron chi connectivity index (χ4n) is 1.66. The van der Waals surface area contributed by atoms with E-state index < -0.39 is 0 Å². The van der Waals surface area contributed by atoms with Gasteiger partial charge in [-0.05, 0) is 0 Å². The SMILES string of the molecule is CN(CCN1CCNCC1)c1ncns1. The first-order chi connectivity index (χ1) is 7.36. The molecule has 0 radical (unpaired) electrons. The Morgan fingerprint density at radius 3 is 3.00 bits per heavy atom. The second kappa shape index (κ2) is 5.39. The van der Waals surface area contributed by atoms with Crippen LogP contribution in [0.2, 0.25) is 0 Å². The molecule has 1 N–H and O–H groups in total. The van der Waals surface area contributed by atoms with Crippen LogP contribution in [0.1, 0.15) is 0 Å². The van der Waals surface area contributed by atoms with E-state index in [4.69, 9.17) is 0 Å². The molecule has 0 aliphatic carbocycles. The summed E-state index contributed by atoms with van der Waals surface area (Å²) in [6.45, 7) is 6.67. The number of hydrogen-bond acceptors (Lipinski definition) is 6. The van der Waals surface area contributed by atoms with E-state index in [-0.39, 0.29) is 0 Å². The van der Waals surface area contributed by atoms with Crippen molar-refractivity contribution in [2.24, 2.45) is 0 Å². The largest absolute Gasteiger partial charge is 0.349 e. The summed E-state index contributed by atoms with van der Waals surface area (Å²) in [7, 11) is 2.07. The van der Waals surface area contributed by atoms with Crippen molar-refractivity contribution >= 4 is 16.7 Å². The lowest BCUT2D eigenvalue weighted by molar-refractivity contribution is 0.246. The number of hydrogen-bond donors (Lipinski definition) is 1. The Balaban J connectivity index is 1.73. The molecule has 0 unspecified atom stereocenters. The first-order valence-electron chi connectivity index (χ1n) is 5.27. The minimum atomic E-state index is 1.00. The van der Waals surface area contributed by atoms with Crippen LogP contribution in [0.5, 0.6) is 0 Å². The zero-order valence-corrected chi connectivity index (χ0v) is 9.83. The monoisotopic (exact) mass is 227 g/mol. The molecule has 0 atom stereocenters. The van der Waals surface area contributed by atoms with Crippen molar-refractivity contribution in [3.63, 3.8) is 0 Å². The number of likely N-dealkylation sites (N-methyl/N-ethyl adjacent to an activating group) is 1. The van der Waals surface area contributed by atoms with E-state index in [9.17, 15) is 0 Å². The number of rotatable bonds is 4. The van der Waals surface area contributed by atoms with Gasteiger partial charge in [0.05, 0.1) is 0 Å². The van der Waals surface area contributed by atoms with Crippen molar-refractivity contribution in [1.82, 2.24) is 19.6 Å². The standard InChI is InChI=1S/C9H17N5S/c1-13(9-11-8-12-15-9)6-7-14-4-2-10-3-5-14/h8,10H,2-7H2,1H3. The highest BCUT2D eigenvalue weighted by molar-refractivity contribution is 7.09. The second-order valence-corrected chi connectivity index (χ2v) is 4.50. The number of aromatic nitrogens is 2. The molecule has 0 bridgehead atoms. The summed E-state index contributed by atoms with van der Waals surface area (Å²) in [4.78, 5) is 8.83. The van der Waals surface area contributed by atoms with Crippen molar-refractivity contribution in [3.05, 3.63) is 6.33 Å². The van der Waals surface area contributed by atoms with Crippen molar-refractivity contribution in [2.45, 2.75) is 0 Å². The van der Waals surface area contributed by atoms with E-state index in [0.29, 0.717) is 0 Å². The molecule has 5 nitrogen and oxygen atoms in total. The van der Waals surface area contributed by atoms with Crippen LogP contribution in [-0.2, 0) is 0 Å². The van der Waals surface area contributed by atoms with Gasteiger partial charge in [-0.15, -0.1) is 0 Å². The van der Waals surface area contributed by atoms with E-state index in [1.807, 2.05) is 0 Å². The normalized spacial score (nSPS) is 17.9. The molecule has 1 fully saturated rings. The molecule has 1 aliphatic heterocycles.